The molecular formula is C20H24N8O3S. The quantitative estimate of drug-likeness (QED) is 0.594. The van der Waals surface area contributed by atoms with Crippen LogP contribution in [0.5, 0.6) is 0 Å². The van der Waals surface area contributed by atoms with Gasteiger partial charge in [0.15, 0.2) is 11.5 Å². The van der Waals surface area contributed by atoms with E-state index in [-0.39, 0.29) is 11.2 Å². The van der Waals surface area contributed by atoms with Crippen LogP contribution >= 0.6 is 0 Å². The van der Waals surface area contributed by atoms with Gasteiger partial charge >= 0.3 is 0 Å². The summed E-state index contributed by atoms with van der Waals surface area (Å²) in [6, 6.07) is 0. The Morgan fingerprint density at radius 1 is 1.06 bits per heavy atom. The van der Waals surface area contributed by atoms with E-state index in [1.165, 1.54) is 0 Å². The molecule has 1 aliphatic carbocycles. The van der Waals surface area contributed by atoms with Gasteiger partial charge in [0.2, 0.25) is 16.0 Å². The molecule has 1 saturated carbocycles. The van der Waals surface area contributed by atoms with Crippen LogP contribution in [0.2, 0.25) is 0 Å². The Hall–Kier alpha value is -2.83. The molecule has 5 heterocycles. The molecule has 3 aliphatic rings. The Labute approximate surface area is 185 Å². The summed E-state index contributed by atoms with van der Waals surface area (Å²) in [5, 5.41) is -0.219. The number of morpholine rings is 1. The van der Waals surface area contributed by atoms with E-state index in [0.717, 1.165) is 41.3 Å². The number of hydrogen-bond donors (Lipinski definition) is 1. The molecule has 6 rings (SSSR count). The topological polar surface area (TPSA) is 132 Å². The second-order valence-corrected chi connectivity index (χ2v) is 10.6. The zero-order valence-electron chi connectivity index (χ0n) is 17.5. The lowest BCUT2D eigenvalue weighted by Gasteiger charge is -2.28. The van der Waals surface area contributed by atoms with Gasteiger partial charge < -0.3 is 15.4 Å². The summed E-state index contributed by atoms with van der Waals surface area (Å²) >= 11 is 0. The number of nitrogens with two attached hydrogens (primary N) is 1. The first-order valence-corrected chi connectivity index (χ1v) is 12.3. The average molecular weight is 457 g/mol. The van der Waals surface area contributed by atoms with Crippen LogP contribution in [0.15, 0.2) is 18.6 Å². The van der Waals surface area contributed by atoms with E-state index >= 15 is 0 Å². The third kappa shape index (κ3) is 3.29. The number of imidazole rings is 1. The number of nitrogen functional groups attached to an aromatic ring is 1. The first kappa shape index (κ1) is 19.8. The van der Waals surface area contributed by atoms with Crippen molar-refractivity contribution in [3.63, 3.8) is 0 Å². The number of ether oxygens (including phenoxy) is 1. The summed E-state index contributed by atoms with van der Waals surface area (Å²) in [7, 11) is -3.24. The summed E-state index contributed by atoms with van der Waals surface area (Å²) < 4.78 is 34.7. The van der Waals surface area contributed by atoms with Gasteiger partial charge in [-0.1, -0.05) is 0 Å². The van der Waals surface area contributed by atoms with E-state index < -0.39 is 10.0 Å². The fourth-order valence-electron chi connectivity index (χ4n) is 4.38. The maximum atomic E-state index is 12.8. The summed E-state index contributed by atoms with van der Waals surface area (Å²) in [5.41, 5.74) is 9.69. The standard InChI is InChI=1S/C20H24N8O3S/c21-20-22-9-13(10-23-20)15-12-28-17-3-4-27(32(29,30)14-1-2-14)11-16(17)25-19(28)18(24-15)26-5-7-31-8-6-26/h9-10,12,14H,1-8,11H2,(H2,21,22,23). The molecule has 12 heteroatoms. The molecule has 0 atom stereocenters. The number of hydrogen-bond acceptors (Lipinski definition) is 9. The van der Waals surface area contributed by atoms with Gasteiger partial charge in [-0.2, -0.15) is 4.31 Å². The lowest BCUT2D eigenvalue weighted by atomic mass is 10.2. The Morgan fingerprint density at radius 3 is 2.53 bits per heavy atom. The molecule has 11 nitrogen and oxygen atoms in total. The van der Waals surface area contributed by atoms with E-state index in [1.54, 1.807) is 16.7 Å². The monoisotopic (exact) mass is 456 g/mol. The Balaban J connectivity index is 1.47. The second kappa shape index (κ2) is 7.36. The molecule has 2 fully saturated rings. The van der Waals surface area contributed by atoms with Crippen LogP contribution in [-0.4, -0.2) is 75.2 Å². The zero-order chi connectivity index (χ0) is 21.9. The van der Waals surface area contributed by atoms with E-state index in [9.17, 15) is 8.42 Å². The van der Waals surface area contributed by atoms with Crippen molar-refractivity contribution in [3.8, 4) is 11.3 Å². The number of sulfonamides is 1. The van der Waals surface area contributed by atoms with Crippen molar-refractivity contribution >= 4 is 27.4 Å². The van der Waals surface area contributed by atoms with E-state index in [2.05, 4.69) is 19.3 Å². The molecule has 0 unspecified atom stereocenters. The normalized spacial score (nSPS) is 19.9. The van der Waals surface area contributed by atoms with Crippen molar-refractivity contribution < 1.29 is 13.2 Å². The smallest absolute Gasteiger partial charge is 0.219 e. The molecule has 0 radical (unpaired) electrons. The number of nitrogens with zero attached hydrogens (tertiary/aromatic N) is 7. The van der Waals surface area contributed by atoms with Crippen LogP contribution in [-0.2, 0) is 27.7 Å². The summed E-state index contributed by atoms with van der Waals surface area (Å²) in [6.07, 6.45) is 7.38. The first-order valence-electron chi connectivity index (χ1n) is 10.8. The van der Waals surface area contributed by atoms with Crippen LogP contribution in [0.3, 0.4) is 0 Å². The molecule has 2 aliphatic heterocycles. The van der Waals surface area contributed by atoms with Gasteiger partial charge in [0.25, 0.3) is 0 Å². The number of fused-ring (bicyclic) bond motifs is 3. The van der Waals surface area contributed by atoms with Gasteiger partial charge in [0, 0.05) is 55.9 Å². The van der Waals surface area contributed by atoms with Crippen LogP contribution in [0, 0.1) is 0 Å². The molecule has 3 aromatic rings. The predicted octanol–water partition coefficient (Wildman–Crippen LogP) is 0.455. The molecule has 32 heavy (non-hydrogen) atoms. The number of anilines is 2. The highest BCUT2D eigenvalue weighted by Crippen LogP contribution is 2.35. The Kier molecular flexibility index (Phi) is 4.56. The highest BCUT2D eigenvalue weighted by Gasteiger charge is 2.42. The summed E-state index contributed by atoms with van der Waals surface area (Å²) in [6.45, 7) is 3.44. The van der Waals surface area contributed by atoms with Gasteiger partial charge in [0.05, 0.1) is 36.4 Å². The van der Waals surface area contributed by atoms with Crippen molar-refractivity contribution in [1.82, 2.24) is 28.6 Å². The fourth-order valence-corrected chi connectivity index (χ4v) is 6.19. The zero-order valence-corrected chi connectivity index (χ0v) is 18.3. The minimum atomic E-state index is -3.24. The SMILES string of the molecule is Nc1ncc(-c2cn3c4c(nc3c(N3CCOCC3)n2)CN(S(=O)(=O)C2CC2)CC4)cn1. The minimum absolute atomic E-state index is 0.209. The third-order valence-electron chi connectivity index (χ3n) is 6.28. The molecule has 0 aromatic carbocycles. The molecule has 168 valence electrons. The molecule has 2 N–H and O–H groups in total. The van der Waals surface area contributed by atoms with Crippen LogP contribution in [0.4, 0.5) is 11.8 Å². The first-order chi connectivity index (χ1) is 15.5. The average Bonchev–Trinajstić information content (AvgIpc) is 3.61. The fraction of sp³-hybridized carbons (Fsp3) is 0.500. The van der Waals surface area contributed by atoms with Crippen molar-refractivity contribution in [1.29, 1.82) is 0 Å². The Bertz CT molecular complexity index is 1280. The van der Waals surface area contributed by atoms with Gasteiger partial charge in [-0.05, 0) is 12.8 Å². The number of rotatable bonds is 4. The van der Waals surface area contributed by atoms with Crippen LogP contribution < -0.4 is 10.6 Å². The van der Waals surface area contributed by atoms with Gasteiger partial charge in [-0.25, -0.2) is 28.4 Å². The van der Waals surface area contributed by atoms with Gasteiger partial charge in [0.1, 0.15) is 0 Å². The molecule has 0 amide bonds. The molecule has 3 aromatic heterocycles. The van der Waals surface area contributed by atoms with Gasteiger partial charge in [-0.3, -0.25) is 4.40 Å². The van der Waals surface area contributed by atoms with Crippen molar-refractivity contribution in [2.75, 3.05) is 43.5 Å². The molecule has 0 spiro atoms. The molecule has 1 saturated heterocycles. The molecule has 0 bridgehead atoms. The van der Waals surface area contributed by atoms with E-state index in [4.69, 9.17) is 20.4 Å². The summed E-state index contributed by atoms with van der Waals surface area (Å²) in [4.78, 5) is 20.2. The van der Waals surface area contributed by atoms with E-state index in [1.807, 2.05) is 6.20 Å². The van der Waals surface area contributed by atoms with E-state index in [0.29, 0.717) is 51.5 Å². The van der Waals surface area contributed by atoms with Crippen molar-refractivity contribution in [2.24, 2.45) is 0 Å². The highest BCUT2D eigenvalue weighted by molar-refractivity contribution is 7.90. The minimum Gasteiger partial charge on any atom is -0.378 e. The van der Waals surface area contributed by atoms with Crippen LogP contribution in [0.1, 0.15) is 24.2 Å². The maximum absolute atomic E-state index is 12.8. The van der Waals surface area contributed by atoms with Crippen molar-refractivity contribution in [2.45, 2.75) is 31.1 Å². The molecular weight excluding hydrogens is 432 g/mol. The van der Waals surface area contributed by atoms with Gasteiger partial charge in [-0.15, -0.1) is 0 Å². The maximum Gasteiger partial charge on any atom is 0.219 e. The van der Waals surface area contributed by atoms with Crippen molar-refractivity contribution in [3.05, 3.63) is 30.0 Å². The number of aromatic nitrogens is 5. The summed E-state index contributed by atoms with van der Waals surface area (Å²) in [5.74, 6) is 0.967. The second-order valence-electron chi connectivity index (χ2n) is 8.41. The largest absolute Gasteiger partial charge is 0.378 e. The Morgan fingerprint density at radius 2 is 1.81 bits per heavy atom. The predicted molar refractivity (Wildman–Crippen MR) is 118 cm³/mol. The van der Waals surface area contributed by atoms with Crippen LogP contribution in [0.25, 0.3) is 16.9 Å². The lowest BCUT2D eigenvalue weighted by Crippen LogP contribution is -2.38. The lowest BCUT2D eigenvalue weighted by molar-refractivity contribution is 0.122. The highest BCUT2D eigenvalue weighted by atomic mass is 32.2. The third-order valence-corrected chi connectivity index (χ3v) is 8.62.